The molecule has 21 heteroatoms. The minimum absolute atomic E-state index is 0.134. The van der Waals surface area contributed by atoms with E-state index in [1.54, 1.807) is 85.2 Å². The molecule has 0 bridgehead atoms. The monoisotopic (exact) mass is 909 g/mol. The highest BCUT2D eigenvalue weighted by atomic mass is 16.4. The molecule has 0 aliphatic carbocycles. The molecule has 66 heavy (non-hydrogen) atoms. The Morgan fingerprint density at radius 3 is 1.42 bits per heavy atom. The number of H-pyrrole nitrogens is 2. The lowest BCUT2D eigenvalue weighted by Gasteiger charge is -2.27. The minimum Gasteiger partial charge on any atom is -0.481 e. The van der Waals surface area contributed by atoms with E-state index >= 15 is 0 Å². The molecule has 5 aromatic rings. The summed E-state index contributed by atoms with van der Waals surface area (Å²) in [7, 11) is 0. The molecule has 6 amide bonds. The third-order valence-electron chi connectivity index (χ3n) is 10.7. The van der Waals surface area contributed by atoms with Gasteiger partial charge in [0.15, 0.2) is 0 Å². The summed E-state index contributed by atoms with van der Waals surface area (Å²) < 4.78 is 0. The van der Waals surface area contributed by atoms with Gasteiger partial charge in [0.05, 0.1) is 12.5 Å². The fourth-order valence-electron chi connectivity index (χ4n) is 7.25. The topological polar surface area (TPSA) is 358 Å². The van der Waals surface area contributed by atoms with Gasteiger partial charge in [-0.25, -0.2) is 4.79 Å². The van der Waals surface area contributed by atoms with Crippen molar-refractivity contribution in [2.24, 2.45) is 11.5 Å². The molecule has 2 heterocycles. The summed E-state index contributed by atoms with van der Waals surface area (Å²) in [5.74, 6) is -9.96. The van der Waals surface area contributed by atoms with Crippen molar-refractivity contribution in [3.8, 4) is 0 Å². The highest BCUT2D eigenvalue weighted by Gasteiger charge is 2.34. The number of amides is 6. The second-order valence-corrected chi connectivity index (χ2v) is 15.6. The van der Waals surface area contributed by atoms with E-state index in [0.717, 1.165) is 10.9 Å². The summed E-state index contributed by atoms with van der Waals surface area (Å²) in [5.41, 5.74) is 14.3. The highest BCUT2D eigenvalue weighted by molar-refractivity contribution is 5.97. The maximum absolute atomic E-state index is 14.2. The van der Waals surface area contributed by atoms with Crippen LogP contribution in [0.1, 0.15) is 48.8 Å². The lowest BCUT2D eigenvalue weighted by atomic mass is 10.0. The normalized spacial score (nSPS) is 13.8. The molecule has 0 spiro atoms. The summed E-state index contributed by atoms with van der Waals surface area (Å²) >= 11 is 0. The SMILES string of the molecule is NC(=O)CC[C@H](NC(=O)[C@H](CCC(=O)O)NC(=O)[C@H](Cc1ccccc1)NC(=O)[C@@H](N)CC(=O)O)C(=O)N[C@@H](Cc1c[nH]c2ccccc12)C(=O)N[C@@H](Cc1c[nH]c2ccccc12)C(=O)O. The van der Waals surface area contributed by atoms with E-state index in [1.807, 2.05) is 6.07 Å². The van der Waals surface area contributed by atoms with E-state index in [2.05, 4.69) is 36.6 Å². The molecule has 2 aromatic heterocycles. The Bertz CT molecular complexity index is 2580. The molecule has 6 atom stereocenters. The number of carbonyl (C=O) groups excluding carboxylic acids is 6. The smallest absolute Gasteiger partial charge is 0.326 e. The number of nitrogens with one attached hydrogen (secondary N) is 7. The number of carboxylic acid groups (broad SMARTS) is 3. The Morgan fingerprint density at radius 2 is 0.924 bits per heavy atom. The van der Waals surface area contributed by atoms with Crippen LogP contribution in [0.4, 0.5) is 0 Å². The van der Waals surface area contributed by atoms with Gasteiger partial charge in [-0.3, -0.25) is 38.4 Å². The fraction of sp³-hybridized carbons (Fsp3) is 0.311. The van der Waals surface area contributed by atoms with Crippen molar-refractivity contribution in [2.75, 3.05) is 0 Å². The Labute approximate surface area is 376 Å². The summed E-state index contributed by atoms with van der Waals surface area (Å²) in [6.07, 6.45) is -0.0761. The lowest BCUT2D eigenvalue weighted by Crippen LogP contribution is -2.60. The number of aliphatic carboxylic acids is 3. The van der Waals surface area contributed by atoms with E-state index in [-0.39, 0.29) is 19.3 Å². The van der Waals surface area contributed by atoms with Crippen LogP contribution >= 0.6 is 0 Å². The maximum Gasteiger partial charge on any atom is 0.326 e. The molecule has 0 aliphatic rings. The Morgan fingerprint density at radius 1 is 0.500 bits per heavy atom. The van der Waals surface area contributed by atoms with E-state index in [1.165, 1.54) is 0 Å². The van der Waals surface area contributed by atoms with Crippen molar-refractivity contribution in [1.29, 1.82) is 0 Å². The number of primary amides is 1. The first-order valence-corrected chi connectivity index (χ1v) is 20.8. The number of para-hydroxylation sites is 2. The van der Waals surface area contributed by atoms with Gasteiger partial charge in [-0.05, 0) is 41.7 Å². The van der Waals surface area contributed by atoms with Crippen LogP contribution in [0.3, 0.4) is 0 Å². The number of fused-ring (bicyclic) bond motifs is 2. The van der Waals surface area contributed by atoms with Crippen molar-refractivity contribution in [1.82, 2.24) is 36.6 Å². The number of hydrogen-bond acceptors (Lipinski definition) is 10. The van der Waals surface area contributed by atoms with E-state index in [4.69, 9.17) is 16.6 Å². The lowest BCUT2D eigenvalue weighted by molar-refractivity contribution is -0.142. The predicted molar refractivity (Wildman–Crippen MR) is 237 cm³/mol. The summed E-state index contributed by atoms with van der Waals surface area (Å²) in [4.78, 5) is 123. The van der Waals surface area contributed by atoms with Crippen molar-refractivity contribution in [3.63, 3.8) is 0 Å². The summed E-state index contributed by atoms with van der Waals surface area (Å²) in [5, 5.41) is 42.7. The first-order chi connectivity index (χ1) is 31.5. The average molecular weight is 910 g/mol. The minimum atomic E-state index is -1.67. The van der Waals surface area contributed by atoms with Crippen LogP contribution in [-0.4, -0.2) is 115 Å². The zero-order valence-electron chi connectivity index (χ0n) is 35.5. The first kappa shape index (κ1) is 49.0. The molecule has 0 saturated carbocycles. The van der Waals surface area contributed by atoms with Crippen LogP contribution < -0.4 is 38.1 Å². The Hall–Kier alpha value is -8.07. The standard InChI is InChI=1S/C45H51N9O12/c46-29(21-39(58)59)40(60)52-34(18-24-8-2-1-3-9-24)43(63)51-33(15-17-38(56)57)41(61)50-32(14-16-37(47)55)42(62)53-35(19-25-22-48-30-12-6-4-10-27(25)30)44(64)54-36(45(65)66)20-26-23-49-31-13-7-5-11-28(26)31/h1-13,22-23,29,32-36,48-49H,14-21,46H2,(H2,47,55)(H,50,61)(H,51,63)(H,52,60)(H,53,62)(H,54,64)(H,56,57)(H,58,59)(H,65,66)/t29-,32-,33-,34-,35-,36-/m0/s1. The predicted octanol–water partition coefficient (Wildman–Crippen LogP) is 0.118. The number of carbonyl (C=O) groups is 9. The van der Waals surface area contributed by atoms with Crippen molar-refractivity contribution in [2.45, 2.75) is 87.6 Å². The molecule has 5 rings (SSSR count). The Balaban J connectivity index is 1.40. The van der Waals surface area contributed by atoms with E-state index in [0.29, 0.717) is 27.6 Å². The van der Waals surface area contributed by atoms with Crippen LogP contribution in [0.5, 0.6) is 0 Å². The summed E-state index contributed by atoms with van der Waals surface area (Å²) in [6, 6.07) is 13.3. The molecule has 0 saturated heterocycles. The van der Waals surface area contributed by atoms with E-state index < -0.39 is 122 Å². The quantitative estimate of drug-likeness (QED) is 0.0371. The zero-order chi connectivity index (χ0) is 47.9. The van der Waals surface area contributed by atoms with Crippen LogP contribution in [0.15, 0.2) is 91.3 Å². The van der Waals surface area contributed by atoms with Gasteiger partial charge in [-0.15, -0.1) is 0 Å². The van der Waals surface area contributed by atoms with Crippen LogP contribution in [0.2, 0.25) is 0 Å². The Kier molecular flexibility index (Phi) is 17.1. The number of benzene rings is 3. The van der Waals surface area contributed by atoms with Gasteiger partial charge in [0, 0.05) is 66.3 Å². The van der Waals surface area contributed by atoms with Gasteiger partial charge < -0.3 is 63.3 Å². The van der Waals surface area contributed by atoms with Gasteiger partial charge in [0.25, 0.3) is 0 Å². The van der Waals surface area contributed by atoms with Gasteiger partial charge in [0.1, 0.15) is 30.2 Å². The molecule has 0 radical (unpaired) electrons. The van der Waals surface area contributed by atoms with Crippen molar-refractivity contribution in [3.05, 3.63) is 108 Å². The molecule has 14 N–H and O–H groups in total. The van der Waals surface area contributed by atoms with Crippen LogP contribution in [-0.2, 0) is 62.4 Å². The third kappa shape index (κ3) is 14.0. The van der Waals surface area contributed by atoms with E-state index in [9.17, 15) is 53.4 Å². The molecule has 21 nitrogen and oxygen atoms in total. The zero-order valence-corrected chi connectivity index (χ0v) is 35.5. The third-order valence-corrected chi connectivity index (χ3v) is 10.7. The molecular weight excluding hydrogens is 859 g/mol. The number of nitrogens with two attached hydrogens (primary N) is 2. The van der Waals surface area contributed by atoms with Crippen LogP contribution in [0.25, 0.3) is 21.8 Å². The fourth-order valence-corrected chi connectivity index (χ4v) is 7.25. The number of rotatable bonds is 25. The number of carboxylic acids is 3. The molecule has 3 aromatic carbocycles. The van der Waals surface area contributed by atoms with Gasteiger partial charge in [-0.2, -0.15) is 0 Å². The number of aromatic nitrogens is 2. The molecule has 348 valence electrons. The van der Waals surface area contributed by atoms with Gasteiger partial charge >= 0.3 is 17.9 Å². The van der Waals surface area contributed by atoms with Crippen molar-refractivity contribution >= 4 is 75.2 Å². The molecular formula is C45H51N9O12. The largest absolute Gasteiger partial charge is 0.481 e. The maximum atomic E-state index is 14.2. The summed E-state index contributed by atoms with van der Waals surface area (Å²) in [6.45, 7) is 0. The first-order valence-electron chi connectivity index (χ1n) is 20.8. The van der Waals surface area contributed by atoms with Gasteiger partial charge in [-0.1, -0.05) is 66.7 Å². The molecule has 0 fully saturated rings. The molecule has 0 unspecified atom stereocenters. The van der Waals surface area contributed by atoms with Crippen LogP contribution in [0, 0.1) is 0 Å². The average Bonchev–Trinajstić information content (AvgIpc) is 3.89. The number of hydrogen-bond donors (Lipinski definition) is 12. The molecule has 0 aliphatic heterocycles. The second-order valence-electron chi connectivity index (χ2n) is 15.6. The number of aromatic amines is 2. The van der Waals surface area contributed by atoms with Gasteiger partial charge in [0.2, 0.25) is 35.4 Å². The second kappa shape index (κ2) is 23.0. The highest BCUT2D eigenvalue weighted by Crippen LogP contribution is 2.21. The van der Waals surface area contributed by atoms with Crippen molar-refractivity contribution < 1.29 is 58.5 Å².